The quantitative estimate of drug-likeness (QED) is 0.385. The van der Waals surface area contributed by atoms with E-state index in [0.29, 0.717) is 0 Å². The van der Waals surface area contributed by atoms with Crippen LogP contribution in [0.4, 0.5) is 0 Å². The maximum Gasteiger partial charge on any atom is 4.00 e. The molecule has 0 unspecified atom stereocenters. The molecule has 0 spiro atoms. The smallest absolute Gasteiger partial charge is 4.00 e. The fourth-order valence-electron chi connectivity index (χ4n) is 0. The predicted octanol–water partition coefficient (Wildman–Crippen LogP) is -1.98. The van der Waals surface area contributed by atoms with Gasteiger partial charge in [0.1, 0.15) is 0 Å². The SMILES string of the molecule is O.[O-2].[O-2].[SeH2].[Ti+4]. The summed E-state index contributed by atoms with van der Waals surface area (Å²) in [5.74, 6) is 0. The van der Waals surface area contributed by atoms with Crippen molar-refractivity contribution in [3.05, 3.63) is 0 Å². The van der Waals surface area contributed by atoms with Crippen molar-refractivity contribution in [3.8, 4) is 0 Å². The van der Waals surface area contributed by atoms with E-state index in [-0.39, 0.29) is 55.2 Å². The topological polar surface area (TPSA) is 88.5 Å². The first-order valence-electron chi connectivity index (χ1n) is 0. The molecule has 5 heteroatoms. The Morgan fingerprint density at radius 2 is 0.800 bits per heavy atom. The van der Waals surface area contributed by atoms with Crippen LogP contribution >= 0.6 is 0 Å². The molecule has 0 rings (SSSR count). The fourth-order valence-corrected chi connectivity index (χ4v) is 0. The molecule has 0 saturated heterocycles. The summed E-state index contributed by atoms with van der Waals surface area (Å²) in [5, 5.41) is 0. The van der Waals surface area contributed by atoms with Crippen molar-refractivity contribution in [2.75, 3.05) is 0 Å². The standard InChI is InChI=1S/H2O.2O.H2Se.Ti/h1H2;;;1H2;/q;2*-2;;+4. The maximum atomic E-state index is 0. The zero-order valence-corrected chi connectivity index (χ0v) is 5.98. The molecule has 0 aliphatic carbocycles. The maximum absolute atomic E-state index is 0. The van der Waals surface area contributed by atoms with Crippen molar-refractivity contribution in [1.29, 1.82) is 0 Å². The van der Waals surface area contributed by atoms with Crippen molar-refractivity contribution in [1.82, 2.24) is 0 Å². The van der Waals surface area contributed by atoms with Crippen LogP contribution in [0.25, 0.3) is 0 Å². The molecule has 0 aromatic rings. The summed E-state index contributed by atoms with van der Waals surface area (Å²) < 4.78 is 0. The molecule has 0 atom stereocenters. The normalized spacial score (nSPS) is 0. The van der Waals surface area contributed by atoms with Crippen LogP contribution in [0.2, 0.25) is 0 Å². The van der Waals surface area contributed by atoms with Crippen molar-refractivity contribution in [2.45, 2.75) is 0 Å². The van der Waals surface area contributed by atoms with Gasteiger partial charge in [-0.25, -0.2) is 0 Å². The van der Waals surface area contributed by atoms with Crippen LogP contribution in [0.1, 0.15) is 0 Å². The van der Waals surface area contributed by atoms with Gasteiger partial charge in [0.2, 0.25) is 0 Å². The van der Waals surface area contributed by atoms with Gasteiger partial charge in [0.15, 0.2) is 0 Å². The zero-order valence-electron chi connectivity index (χ0n) is 2.32. The minimum atomic E-state index is 0. The van der Waals surface area contributed by atoms with Crippen molar-refractivity contribution in [2.24, 2.45) is 0 Å². The second-order valence-electron chi connectivity index (χ2n) is 0. The van der Waals surface area contributed by atoms with E-state index < -0.39 is 0 Å². The van der Waals surface area contributed by atoms with Gasteiger partial charge in [0, 0.05) is 0 Å². The largest absolute Gasteiger partial charge is 4.00 e. The van der Waals surface area contributed by atoms with E-state index in [1.165, 1.54) is 0 Å². The van der Waals surface area contributed by atoms with Gasteiger partial charge in [0.25, 0.3) is 0 Å². The Morgan fingerprint density at radius 1 is 0.800 bits per heavy atom. The molecule has 0 radical (unpaired) electrons. The van der Waals surface area contributed by atoms with Crippen LogP contribution in [0.5, 0.6) is 0 Å². The molecule has 0 saturated carbocycles. The molecule has 0 aliphatic heterocycles. The summed E-state index contributed by atoms with van der Waals surface area (Å²) >= 11 is 0. The molecule has 5 heavy (non-hydrogen) atoms. The van der Waals surface area contributed by atoms with E-state index in [4.69, 9.17) is 0 Å². The van der Waals surface area contributed by atoms with E-state index in [0.717, 1.165) is 0 Å². The third kappa shape index (κ3) is 40.0. The first kappa shape index (κ1) is 129. The zero-order chi connectivity index (χ0) is 0. The van der Waals surface area contributed by atoms with Crippen LogP contribution in [-0.4, -0.2) is 22.5 Å². The monoisotopic (exact) mass is 180 g/mol. The molecule has 32 valence electrons. The summed E-state index contributed by atoms with van der Waals surface area (Å²) in [5.41, 5.74) is 0. The van der Waals surface area contributed by atoms with Gasteiger partial charge >= 0.3 is 38.8 Å². The van der Waals surface area contributed by atoms with Crippen LogP contribution in [0.3, 0.4) is 0 Å². The van der Waals surface area contributed by atoms with Crippen molar-refractivity contribution in [3.63, 3.8) is 0 Å². The molecule has 0 aromatic heterocycles. The van der Waals surface area contributed by atoms with Gasteiger partial charge in [-0.1, -0.05) is 0 Å². The van der Waals surface area contributed by atoms with E-state index in [1.54, 1.807) is 0 Å². The van der Waals surface area contributed by atoms with E-state index in [1.807, 2.05) is 0 Å². The second kappa shape index (κ2) is 69.8. The van der Waals surface area contributed by atoms with Gasteiger partial charge in [-0.2, -0.15) is 0 Å². The molecular formula is H4O3SeTi. The Labute approximate surface area is 55.4 Å². The third-order valence-corrected chi connectivity index (χ3v) is 0. The Balaban J connectivity index is 0. The first-order chi connectivity index (χ1) is 0. The van der Waals surface area contributed by atoms with Crippen molar-refractivity contribution < 1.29 is 38.1 Å². The summed E-state index contributed by atoms with van der Waals surface area (Å²) in [6.45, 7) is 0. The van der Waals surface area contributed by atoms with Crippen molar-refractivity contribution >= 4 is 17.1 Å². The molecular weight excluding hydrogens is 175 g/mol. The van der Waals surface area contributed by atoms with Crippen LogP contribution in [0, 0.1) is 0 Å². The Bertz CT molecular complexity index is 6.85. The molecule has 3 nitrogen and oxygen atoms in total. The average Bonchev–Trinajstić information content (AvgIpc) is 0. The Morgan fingerprint density at radius 3 is 0.800 bits per heavy atom. The summed E-state index contributed by atoms with van der Waals surface area (Å²) in [7, 11) is 0. The molecule has 0 amide bonds. The number of hydrogen-bond acceptors (Lipinski definition) is 0. The van der Waals surface area contributed by atoms with Gasteiger partial charge < -0.3 is 16.4 Å². The summed E-state index contributed by atoms with van der Waals surface area (Å²) in [6, 6.07) is 0. The Kier molecular flexibility index (Phi) is 1800. The number of hydrogen-bond donors (Lipinski definition) is 0. The Hall–Kier alpha value is 1.11. The molecule has 0 aromatic carbocycles. The molecule has 0 heterocycles. The molecule has 0 bridgehead atoms. The van der Waals surface area contributed by atoms with Gasteiger partial charge in [-0.15, -0.1) is 0 Å². The second-order valence-corrected chi connectivity index (χ2v) is 0. The van der Waals surface area contributed by atoms with Gasteiger partial charge in [0.05, 0.1) is 0 Å². The van der Waals surface area contributed by atoms with E-state index >= 15 is 0 Å². The van der Waals surface area contributed by atoms with E-state index in [9.17, 15) is 0 Å². The predicted molar refractivity (Wildman–Crippen MR) is 13.5 cm³/mol. The van der Waals surface area contributed by atoms with Crippen LogP contribution in [0.15, 0.2) is 0 Å². The fraction of sp³-hybridized carbons (Fsp3) is 0. The molecule has 2 N–H and O–H groups in total. The molecule has 0 aliphatic rings. The summed E-state index contributed by atoms with van der Waals surface area (Å²) in [4.78, 5) is 0. The van der Waals surface area contributed by atoms with Gasteiger partial charge in [-0.05, 0) is 0 Å². The van der Waals surface area contributed by atoms with Crippen LogP contribution < -0.4 is 0 Å². The minimum absolute atomic E-state index is 0. The van der Waals surface area contributed by atoms with E-state index in [2.05, 4.69) is 0 Å². The molecule has 0 fully saturated rings. The average molecular weight is 179 g/mol. The third-order valence-electron chi connectivity index (χ3n) is 0. The summed E-state index contributed by atoms with van der Waals surface area (Å²) in [6.07, 6.45) is 0. The first-order valence-corrected chi connectivity index (χ1v) is 0. The minimum Gasteiger partial charge on any atom is 4.00 e. The van der Waals surface area contributed by atoms with Crippen LogP contribution in [-0.2, 0) is 32.7 Å². The van der Waals surface area contributed by atoms with Gasteiger partial charge in [-0.3, -0.25) is 0 Å². The number of rotatable bonds is 0.